The second kappa shape index (κ2) is 6.94. The summed E-state index contributed by atoms with van der Waals surface area (Å²) in [5.41, 5.74) is 1.62. The van der Waals surface area contributed by atoms with Crippen LogP contribution in [0.15, 0.2) is 46.8 Å². The molecule has 5 heterocycles. The molecule has 1 saturated heterocycles. The lowest BCUT2D eigenvalue weighted by Gasteiger charge is -2.42. The van der Waals surface area contributed by atoms with Gasteiger partial charge in [0.1, 0.15) is 5.82 Å². The average Bonchev–Trinajstić information content (AvgIpc) is 3.41. The number of piperidine rings is 1. The number of pyridine rings is 1. The quantitative estimate of drug-likeness (QED) is 0.715. The number of hydrogen-bond acceptors (Lipinski definition) is 4. The minimum absolute atomic E-state index is 0.00209. The molecule has 0 saturated carbocycles. The second-order valence-electron chi connectivity index (χ2n) is 7.47. The maximum atomic E-state index is 13.0. The Balaban J connectivity index is 1.36. The number of aromatic amines is 1. The fraction of sp³-hybridized carbons (Fsp3) is 0.350. The Bertz CT molecular complexity index is 1040. The topological polar surface area (TPSA) is 83.0 Å². The lowest BCUT2D eigenvalue weighted by Crippen LogP contribution is -2.51. The first-order chi connectivity index (χ1) is 13.7. The number of nitrogens with one attached hydrogen (secondary N) is 2. The maximum Gasteiger partial charge on any atom is 0.317 e. The Morgan fingerprint density at radius 1 is 1.29 bits per heavy atom. The Morgan fingerprint density at radius 3 is 3.00 bits per heavy atom. The van der Waals surface area contributed by atoms with Crippen molar-refractivity contribution < 1.29 is 4.79 Å². The van der Waals surface area contributed by atoms with Crippen LogP contribution < -0.4 is 10.9 Å². The van der Waals surface area contributed by atoms with Crippen LogP contribution >= 0.6 is 11.3 Å². The predicted octanol–water partition coefficient (Wildman–Crippen LogP) is 2.63. The molecule has 2 atom stereocenters. The van der Waals surface area contributed by atoms with Gasteiger partial charge in [-0.05, 0) is 35.9 Å². The van der Waals surface area contributed by atoms with Gasteiger partial charge in [0, 0.05) is 48.5 Å². The number of likely N-dealkylation sites (tertiary alicyclic amines) is 1. The molecule has 2 N–H and O–H groups in total. The highest BCUT2D eigenvalue weighted by Crippen LogP contribution is 2.35. The minimum atomic E-state index is -0.0221. The molecule has 1 fully saturated rings. The van der Waals surface area contributed by atoms with Crippen molar-refractivity contribution in [2.75, 3.05) is 13.1 Å². The summed E-state index contributed by atoms with van der Waals surface area (Å²) in [4.78, 5) is 35.9. The zero-order valence-electron chi connectivity index (χ0n) is 15.3. The van der Waals surface area contributed by atoms with Gasteiger partial charge >= 0.3 is 6.03 Å². The predicted molar refractivity (Wildman–Crippen MR) is 107 cm³/mol. The van der Waals surface area contributed by atoms with E-state index in [0.717, 1.165) is 17.0 Å². The Labute approximate surface area is 166 Å². The zero-order valence-corrected chi connectivity index (χ0v) is 16.1. The molecule has 7 nitrogen and oxygen atoms in total. The van der Waals surface area contributed by atoms with Crippen molar-refractivity contribution in [1.29, 1.82) is 0 Å². The van der Waals surface area contributed by atoms with Crippen molar-refractivity contribution in [2.24, 2.45) is 5.92 Å². The summed E-state index contributed by atoms with van der Waals surface area (Å²) in [6.07, 6.45) is 4.40. The standard InChI is InChI=1S/C20H21N5O2S/c26-19-16(18-21-5-6-22-18)3-4-17-14-8-13(11-25(17)19)10-24(12-14)20(27)23-9-15-2-1-7-28-15/h1-7,13-14H,8-12H2,(H,21,22)(H,23,27)/t13-,14+/m0/s1. The lowest BCUT2D eigenvalue weighted by atomic mass is 9.83. The molecule has 2 bridgehead atoms. The SMILES string of the molecule is O=C(NCc1cccs1)N1C[C@@H]2C[C@H](C1)c1ccc(-c3ncc[nH]3)c(=O)n1C2. The van der Waals surface area contributed by atoms with Crippen LogP contribution in [0.1, 0.15) is 22.9 Å². The molecule has 0 aliphatic carbocycles. The molecule has 5 rings (SSSR count). The van der Waals surface area contributed by atoms with Gasteiger partial charge in [0.2, 0.25) is 0 Å². The number of imidazole rings is 1. The second-order valence-corrected chi connectivity index (χ2v) is 8.50. The molecule has 28 heavy (non-hydrogen) atoms. The van der Waals surface area contributed by atoms with Crippen LogP contribution in [0.4, 0.5) is 4.79 Å². The largest absolute Gasteiger partial charge is 0.344 e. The van der Waals surface area contributed by atoms with Crippen molar-refractivity contribution in [3.63, 3.8) is 0 Å². The molecule has 2 amide bonds. The Hall–Kier alpha value is -2.87. The van der Waals surface area contributed by atoms with Gasteiger partial charge in [-0.2, -0.15) is 0 Å². The van der Waals surface area contributed by atoms with E-state index >= 15 is 0 Å². The van der Waals surface area contributed by atoms with Crippen LogP contribution in [0.2, 0.25) is 0 Å². The maximum absolute atomic E-state index is 13.0. The van der Waals surface area contributed by atoms with Gasteiger partial charge in [0.15, 0.2) is 0 Å². The summed E-state index contributed by atoms with van der Waals surface area (Å²) < 4.78 is 1.89. The third-order valence-corrected chi connectivity index (χ3v) is 6.52. The van der Waals surface area contributed by atoms with Gasteiger partial charge in [-0.15, -0.1) is 11.3 Å². The molecule has 2 aliphatic heterocycles. The number of rotatable bonds is 3. The molecule has 0 aromatic carbocycles. The fourth-order valence-corrected chi connectivity index (χ4v) is 5.04. The normalized spacial score (nSPS) is 20.6. The third-order valence-electron chi connectivity index (χ3n) is 5.64. The molecule has 0 spiro atoms. The van der Waals surface area contributed by atoms with E-state index < -0.39 is 0 Å². The van der Waals surface area contributed by atoms with E-state index in [2.05, 4.69) is 15.3 Å². The summed E-state index contributed by atoms with van der Waals surface area (Å²) in [6, 6.07) is 7.86. The van der Waals surface area contributed by atoms with E-state index in [-0.39, 0.29) is 17.5 Å². The molecular formula is C20H21N5O2S. The molecule has 3 aromatic heterocycles. The number of nitrogens with zero attached hydrogens (tertiary/aromatic N) is 3. The highest BCUT2D eigenvalue weighted by Gasteiger charge is 2.36. The van der Waals surface area contributed by atoms with Crippen LogP contribution in [-0.2, 0) is 13.1 Å². The number of urea groups is 1. The Morgan fingerprint density at radius 2 is 2.21 bits per heavy atom. The molecule has 0 unspecified atom stereocenters. The van der Waals surface area contributed by atoms with Crippen LogP contribution in [0.25, 0.3) is 11.4 Å². The van der Waals surface area contributed by atoms with E-state index in [9.17, 15) is 9.59 Å². The van der Waals surface area contributed by atoms with Gasteiger partial charge in [0.25, 0.3) is 5.56 Å². The third kappa shape index (κ3) is 3.03. The van der Waals surface area contributed by atoms with E-state index in [1.807, 2.05) is 39.1 Å². The lowest BCUT2D eigenvalue weighted by molar-refractivity contribution is 0.131. The van der Waals surface area contributed by atoms with E-state index in [0.29, 0.717) is 43.5 Å². The van der Waals surface area contributed by atoms with Gasteiger partial charge in [-0.25, -0.2) is 9.78 Å². The number of thiophene rings is 1. The number of hydrogen-bond donors (Lipinski definition) is 2. The van der Waals surface area contributed by atoms with E-state index in [4.69, 9.17) is 0 Å². The van der Waals surface area contributed by atoms with Crippen molar-refractivity contribution in [2.45, 2.75) is 25.4 Å². The monoisotopic (exact) mass is 395 g/mol. The van der Waals surface area contributed by atoms with Crippen molar-refractivity contribution in [3.8, 4) is 11.4 Å². The van der Waals surface area contributed by atoms with Crippen molar-refractivity contribution in [3.05, 3.63) is 63.0 Å². The number of carbonyl (C=O) groups excluding carboxylic acids is 1. The number of aromatic nitrogens is 3. The molecule has 144 valence electrons. The number of H-pyrrole nitrogens is 1. The van der Waals surface area contributed by atoms with Gasteiger partial charge in [-0.1, -0.05) is 6.07 Å². The molecule has 0 radical (unpaired) electrons. The highest BCUT2D eigenvalue weighted by molar-refractivity contribution is 7.09. The highest BCUT2D eigenvalue weighted by atomic mass is 32.1. The van der Waals surface area contributed by atoms with Gasteiger partial charge in [-0.3, -0.25) is 4.79 Å². The zero-order chi connectivity index (χ0) is 19.1. The van der Waals surface area contributed by atoms with Crippen LogP contribution in [0.3, 0.4) is 0 Å². The average molecular weight is 395 g/mol. The van der Waals surface area contributed by atoms with E-state index in [1.165, 1.54) is 0 Å². The van der Waals surface area contributed by atoms with Crippen LogP contribution in [0, 0.1) is 5.92 Å². The number of fused-ring (bicyclic) bond motifs is 4. The molecule has 2 aliphatic rings. The molecular weight excluding hydrogens is 374 g/mol. The number of amides is 2. The first-order valence-electron chi connectivity index (χ1n) is 9.47. The van der Waals surface area contributed by atoms with Crippen LogP contribution in [-0.4, -0.2) is 38.6 Å². The smallest absolute Gasteiger partial charge is 0.317 e. The summed E-state index contributed by atoms with van der Waals surface area (Å²) in [5.74, 6) is 1.09. The van der Waals surface area contributed by atoms with Gasteiger partial charge < -0.3 is 19.8 Å². The first kappa shape index (κ1) is 17.2. The summed E-state index contributed by atoms with van der Waals surface area (Å²) >= 11 is 1.64. The first-order valence-corrected chi connectivity index (χ1v) is 10.4. The Kier molecular flexibility index (Phi) is 4.27. The molecule has 8 heteroatoms. The minimum Gasteiger partial charge on any atom is -0.344 e. The fourth-order valence-electron chi connectivity index (χ4n) is 4.39. The summed E-state index contributed by atoms with van der Waals surface area (Å²) in [7, 11) is 0. The van der Waals surface area contributed by atoms with Crippen molar-refractivity contribution >= 4 is 17.4 Å². The summed E-state index contributed by atoms with van der Waals surface area (Å²) in [5, 5.41) is 5.04. The van der Waals surface area contributed by atoms with Crippen molar-refractivity contribution in [1.82, 2.24) is 24.8 Å². The van der Waals surface area contributed by atoms with Crippen LogP contribution in [0.5, 0.6) is 0 Å². The van der Waals surface area contributed by atoms with Gasteiger partial charge in [0.05, 0.1) is 12.1 Å². The number of carbonyl (C=O) groups is 1. The van der Waals surface area contributed by atoms with E-state index in [1.54, 1.807) is 23.7 Å². The summed E-state index contributed by atoms with van der Waals surface area (Å²) in [6.45, 7) is 2.54. The molecule has 3 aromatic rings.